The number of β-lactam (4-membered cyclic amide) rings is 1. The third-order valence-electron chi connectivity index (χ3n) is 4.20. The molecule has 6 nitrogen and oxygen atoms in total. The number of carboxylic acid groups (broad SMARTS) is 1. The third-order valence-corrected chi connectivity index (χ3v) is 5.77. The number of carbonyl (C=O) groups excluding carboxylic acids is 2. The molecule has 2 heterocycles. The quantitative estimate of drug-likeness (QED) is 0.475. The third kappa shape index (κ3) is 3.35. The molecular weight excluding hydrogens is 339 g/mol. The van der Waals surface area contributed by atoms with Gasteiger partial charge in [0.2, 0.25) is 11.8 Å². The molecule has 1 aromatic carbocycles. The standard InChI is InChI=1S/C16H18N2O4S.Na/c1-16(2)12(15(21)22)18-13(20)11(14(18)23-16)17-10(19)8-9-6-4-3-5-7-9;/h3-7,11-12,14H,8H2,1-2H3,(H,17,19)(H,21,22);/q;+1/t11-,12+,14-;/m1./s1. The molecule has 2 aliphatic heterocycles. The first kappa shape index (κ1) is 19.3. The molecule has 0 unspecified atom stereocenters. The molecule has 122 valence electrons. The Hall–Kier alpha value is -1.02. The van der Waals surface area contributed by atoms with Gasteiger partial charge in [-0.1, -0.05) is 30.3 Å². The molecule has 2 N–H and O–H groups in total. The number of nitrogens with one attached hydrogen (secondary N) is 1. The summed E-state index contributed by atoms with van der Waals surface area (Å²) in [6, 6.07) is 7.78. The fourth-order valence-corrected chi connectivity index (χ4v) is 4.78. The Bertz CT molecular complexity index is 667. The second-order valence-corrected chi connectivity index (χ2v) is 8.08. The van der Waals surface area contributed by atoms with E-state index in [0.29, 0.717) is 0 Å². The molecule has 2 saturated heterocycles. The largest absolute Gasteiger partial charge is 1.00 e. The topological polar surface area (TPSA) is 86.7 Å². The smallest absolute Gasteiger partial charge is 0.480 e. The van der Waals surface area contributed by atoms with Crippen LogP contribution in [0, 0.1) is 0 Å². The average molecular weight is 357 g/mol. The number of benzene rings is 1. The SMILES string of the molecule is CC1(C)S[C@@H]2[C@H](NC(=O)Cc3ccccc3)C(=O)N2[C@H]1C(=O)O.[Na+]. The normalized spacial score (nSPS) is 26.8. The summed E-state index contributed by atoms with van der Waals surface area (Å²) in [6.07, 6.45) is 0.202. The summed E-state index contributed by atoms with van der Waals surface area (Å²) in [5.74, 6) is -1.55. The number of fused-ring (bicyclic) bond motifs is 1. The van der Waals surface area contributed by atoms with E-state index in [2.05, 4.69) is 5.32 Å². The van der Waals surface area contributed by atoms with Crippen molar-refractivity contribution in [3.63, 3.8) is 0 Å². The first-order valence-corrected chi connectivity index (χ1v) is 8.25. The summed E-state index contributed by atoms with van der Waals surface area (Å²) < 4.78 is -0.578. The van der Waals surface area contributed by atoms with E-state index in [-0.39, 0.29) is 53.2 Å². The Morgan fingerprint density at radius 2 is 1.92 bits per heavy atom. The van der Waals surface area contributed by atoms with Gasteiger partial charge in [-0.05, 0) is 19.4 Å². The second kappa shape index (κ2) is 7.07. The number of hydrogen-bond donors (Lipinski definition) is 2. The molecule has 2 amide bonds. The summed E-state index contributed by atoms with van der Waals surface area (Å²) in [7, 11) is 0. The van der Waals surface area contributed by atoms with Crippen molar-refractivity contribution in [2.24, 2.45) is 0 Å². The predicted octanol–water partition coefficient (Wildman–Crippen LogP) is -2.14. The van der Waals surface area contributed by atoms with Crippen molar-refractivity contribution in [1.82, 2.24) is 10.2 Å². The number of carboxylic acids is 1. The minimum Gasteiger partial charge on any atom is -0.480 e. The Morgan fingerprint density at radius 3 is 2.50 bits per heavy atom. The Labute approximate surface area is 166 Å². The molecule has 2 aliphatic rings. The number of hydrogen-bond acceptors (Lipinski definition) is 4. The monoisotopic (exact) mass is 357 g/mol. The zero-order valence-electron chi connectivity index (χ0n) is 13.9. The molecule has 0 bridgehead atoms. The number of carbonyl (C=O) groups is 3. The number of aliphatic carboxylic acids is 1. The molecule has 3 rings (SSSR count). The molecule has 3 atom stereocenters. The summed E-state index contributed by atoms with van der Waals surface area (Å²) in [5.41, 5.74) is 0.872. The van der Waals surface area contributed by atoms with Gasteiger partial charge >= 0.3 is 35.5 Å². The van der Waals surface area contributed by atoms with E-state index >= 15 is 0 Å². The van der Waals surface area contributed by atoms with Crippen LogP contribution in [0.2, 0.25) is 0 Å². The van der Waals surface area contributed by atoms with E-state index in [1.165, 1.54) is 16.7 Å². The number of amides is 2. The predicted molar refractivity (Wildman–Crippen MR) is 85.8 cm³/mol. The molecule has 0 aromatic heterocycles. The Kier molecular flexibility index (Phi) is 5.69. The van der Waals surface area contributed by atoms with E-state index in [9.17, 15) is 19.5 Å². The van der Waals surface area contributed by atoms with E-state index < -0.39 is 22.8 Å². The van der Waals surface area contributed by atoms with E-state index in [4.69, 9.17) is 0 Å². The first-order chi connectivity index (χ1) is 10.8. The molecule has 0 saturated carbocycles. The maximum Gasteiger partial charge on any atom is 1.00 e. The summed E-state index contributed by atoms with van der Waals surface area (Å²) in [6.45, 7) is 3.62. The molecular formula is C16H18N2NaO4S+. The van der Waals surface area contributed by atoms with Crippen LogP contribution >= 0.6 is 11.8 Å². The van der Waals surface area contributed by atoms with Crippen LogP contribution in [0.15, 0.2) is 30.3 Å². The fourth-order valence-electron chi connectivity index (χ4n) is 3.15. The zero-order chi connectivity index (χ0) is 16.8. The minimum atomic E-state index is -1.01. The van der Waals surface area contributed by atoms with Gasteiger partial charge in [-0.15, -0.1) is 11.8 Å². The van der Waals surface area contributed by atoms with Gasteiger partial charge in [0.15, 0.2) is 0 Å². The summed E-state index contributed by atoms with van der Waals surface area (Å²) in [4.78, 5) is 37.2. The van der Waals surface area contributed by atoms with Gasteiger partial charge in [0, 0.05) is 4.75 Å². The molecule has 24 heavy (non-hydrogen) atoms. The number of thioether (sulfide) groups is 1. The maximum absolute atomic E-state index is 12.3. The molecule has 0 radical (unpaired) electrons. The molecule has 8 heteroatoms. The maximum atomic E-state index is 12.3. The van der Waals surface area contributed by atoms with Crippen molar-refractivity contribution in [1.29, 1.82) is 0 Å². The van der Waals surface area contributed by atoms with Crippen molar-refractivity contribution in [3.05, 3.63) is 35.9 Å². The van der Waals surface area contributed by atoms with Crippen molar-refractivity contribution >= 4 is 29.5 Å². The van der Waals surface area contributed by atoms with Crippen LogP contribution < -0.4 is 34.9 Å². The van der Waals surface area contributed by atoms with Crippen LogP contribution in [0.4, 0.5) is 0 Å². The van der Waals surface area contributed by atoms with Gasteiger partial charge in [0.1, 0.15) is 17.5 Å². The second-order valence-electron chi connectivity index (χ2n) is 6.31. The van der Waals surface area contributed by atoms with Gasteiger partial charge in [-0.25, -0.2) is 4.79 Å². The zero-order valence-corrected chi connectivity index (χ0v) is 16.7. The van der Waals surface area contributed by atoms with Gasteiger partial charge in [-0.3, -0.25) is 9.59 Å². The molecule has 0 aliphatic carbocycles. The van der Waals surface area contributed by atoms with E-state index in [0.717, 1.165) is 5.56 Å². The van der Waals surface area contributed by atoms with Gasteiger partial charge in [-0.2, -0.15) is 0 Å². The van der Waals surface area contributed by atoms with Crippen LogP contribution in [-0.2, 0) is 20.8 Å². The Balaban J connectivity index is 0.00000208. The van der Waals surface area contributed by atoms with Crippen LogP contribution in [0.3, 0.4) is 0 Å². The van der Waals surface area contributed by atoms with Crippen LogP contribution in [0.1, 0.15) is 19.4 Å². The van der Waals surface area contributed by atoms with Crippen LogP contribution in [-0.4, -0.2) is 50.0 Å². The first-order valence-electron chi connectivity index (χ1n) is 7.37. The summed E-state index contributed by atoms with van der Waals surface area (Å²) in [5, 5.41) is 11.8. The molecule has 0 spiro atoms. The van der Waals surface area contributed by atoms with Crippen molar-refractivity contribution in [2.45, 2.75) is 42.5 Å². The van der Waals surface area contributed by atoms with Gasteiger partial charge < -0.3 is 15.3 Å². The summed E-state index contributed by atoms with van der Waals surface area (Å²) >= 11 is 1.42. The van der Waals surface area contributed by atoms with E-state index in [1.54, 1.807) is 0 Å². The van der Waals surface area contributed by atoms with Crippen LogP contribution in [0.25, 0.3) is 0 Å². The van der Waals surface area contributed by atoms with E-state index in [1.807, 2.05) is 44.2 Å². The van der Waals surface area contributed by atoms with Gasteiger partial charge in [0.25, 0.3) is 0 Å². The molecule has 2 fully saturated rings. The van der Waals surface area contributed by atoms with Gasteiger partial charge in [0.05, 0.1) is 6.42 Å². The fraction of sp³-hybridized carbons (Fsp3) is 0.438. The van der Waals surface area contributed by atoms with Crippen molar-refractivity contribution in [2.75, 3.05) is 0 Å². The number of rotatable bonds is 4. The number of nitrogens with zero attached hydrogens (tertiary/aromatic N) is 1. The average Bonchev–Trinajstić information content (AvgIpc) is 2.74. The Morgan fingerprint density at radius 1 is 1.29 bits per heavy atom. The van der Waals surface area contributed by atoms with Crippen molar-refractivity contribution < 1.29 is 49.0 Å². The minimum absolute atomic E-state index is 0. The molecule has 1 aromatic rings. The van der Waals surface area contributed by atoms with Crippen molar-refractivity contribution in [3.8, 4) is 0 Å². The van der Waals surface area contributed by atoms with Crippen LogP contribution in [0.5, 0.6) is 0 Å².